The summed E-state index contributed by atoms with van der Waals surface area (Å²) in [5, 5.41) is 15.2. The molecular weight excluding hydrogens is 374 g/mol. The topological polar surface area (TPSA) is 89.3 Å². The Labute approximate surface area is 163 Å². The number of aryl methyl sites for hydroxylation is 1. The van der Waals surface area contributed by atoms with Crippen LogP contribution >= 0.6 is 0 Å². The summed E-state index contributed by atoms with van der Waals surface area (Å²) in [5.41, 5.74) is 1.54. The van der Waals surface area contributed by atoms with E-state index in [2.05, 4.69) is 20.0 Å². The zero-order valence-electron chi connectivity index (χ0n) is 16.1. The van der Waals surface area contributed by atoms with Crippen LogP contribution in [-0.2, 0) is 10.0 Å². The maximum Gasteiger partial charge on any atom is 0.241 e. The molecule has 0 aliphatic carbocycles. The summed E-state index contributed by atoms with van der Waals surface area (Å²) >= 11 is 0. The number of nitrogens with one attached hydrogen (secondary N) is 1. The van der Waals surface area contributed by atoms with Crippen molar-refractivity contribution in [3.63, 3.8) is 0 Å². The Morgan fingerprint density at radius 2 is 1.68 bits per heavy atom. The summed E-state index contributed by atoms with van der Waals surface area (Å²) in [6.45, 7) is 7.34. The van der Waals surface area contributed by atoms with Crippen LogP contribution in [0, 0.1) is 6.92 Å². The normalized spacial score (nSPS) is 12.7. The smallest absolute Gasteiger partial charge is 0.207 e. The van der Waals surface area contributed by atoms with Gasteiger partial charge in [-0.2, -0.15) is 9.61 Å². The molecule has 2 aromatic carbocycles. The standard InChI is InChI=1S/C20H21N5O2S/c1-13-16-10-5-6-11-17(16)19-22-21-18(25(19)23-13)14-8-7-9-15(12-14)28(26,27)24-20(2,3)4/h5-12,24H,1-4H3. The first-order valence-electron chi connectivity index (χ1n) is 8.91. The maximum atomic E-state index is 12.7. The van der Waals surface area contributed by atoms with Crippen molar-refractivity contribution in [2.24, 2.45) is 0 Å². The first-order chi connectivity index (χ1) is 13.2. The van der Waals surface area contributed by atoms with Crippen molar-refractivity contribution in [3.05, 3.63) is 54.2 Å². The van der Waals surface area contributed by atoms with Gasteiger partial charge in [-0.15, -0.1) is 10.2 Å². The highest BCUT2D eigenvalue weighted by atomic mass is 32.2. The molecule has 144 valence electrons. The average molecular weight is 395 g/mol. The Kier molecular flexibility index (Phi) is 4.20. The fourth-order valence-electron chi connectivity index (χ4n) is 3.18. The van der Waals surface area contributed by atoms with Gasteiger partial charge in [-0.3, -0.25) is 0 Å². The van der Waals surface area contributed by atoms with E-state index >= 15 is 0 Å². The summed E-state index contributed by atoms with van der Waals surface area (Å²) in [4.78, 5) is 0.175. The van der Waals surface area contributed by atoms with E-state index in [1.54, 1.807) is 49.6 Å². The van der Waals surface area contributed by atoms with E-state index in [1.807, 2.05) is 31.2 Å². The number of fused-ring (bicyclic) bond motifs is 3. The molecule has 28 heavy (non-hydrogen) atoms. The predicted molar refractivity (Wildman–Crippen MR) is 109 cm³/mol. The first kappa shape index (κ1) is 18.5. The van der Waals surface area contributed by atoms with Gasteiger partial charge in [0, 0.05) is 21.9 Å². The molecule has 0 amide bonds. The van der Waals surface area contributed by atoms with Gasteiger partial charge in [0.1, 0.15) is 0 Å². The molecule has 0 saturated carbocycles. The predicted octanol–water partition coefficient (Wildman–Crippen LogP) is 3.33. The lowest BCUT2D eigenvalue weighted by Crippen LogP contribution is -2.40. The zero-order chi connectivity index (χ0) is 20.1. The summed E-state index contributed by atoms with van der Waals surface area (Å²) in [6, 6.07) is 14.5. The van der Waals surface area contributed by atoms with Gasteiger partial charge < -0.3 is 0 Å². The second-order valence-corrected chi connectivity index (χ2v) is 9.46. The number of hydrogen-bond acceptors (Lipinski definition) is 5. The molecule has 0 bridgehead atoms. The van der Waals surface area contributed by atoms with E-state index in [0.717, 1.165) is 16.5 Å². The van der Waals surface area contributed by atoms with Crippen LogP contribution in [0.15, 0.2) is 53.4 Å². The van der Waals surface area contributed by atoms with Gasteiger partial charge in [0.25, 0.3) is 0 Å². The van der Waals surface area contributed by atoms with E-state index in [4.69, 9.17) is 0 Å². The van der Waals surface area contributed by atoms with Crippen LogP contribution in [0.2, 0.25) is 0 Å². The van der Waals surface area contributed by atoms with Gasteiger partial charge >= 0.3 is 0 Å². The quantitative estimate of drug-likeness (QED) is 0.575. The molecule has 0 radical (unpaired) electrons. The summed E-state index contributed by atoms with van der Waals surface area (Å²) < 4.78 is 29.7. The van der Waals surface area contributed by atoms with Gasteiger partial charge in [0.2, 0.25) is 10.0 Å². The second-order valence-electron chi connectivity index (χ2n) is 7.77. The number of aromatic nitrogens is 4. The molecule has 1 N–H and O–H groups in total. The molecule has 0 unspecified atom stereocenters. The minimum atomic E-state index is -3.66. The van der Waals surface area contributed by atoms with Crippen LogP contribution in [-0.4, -0.2) is 33.8 Å². The van der Waals surface area contributed by atoms with Crippen LogP contribution in [0.4, 0.5) is 0 Å². The van der Waals surface area contributed by atoms with Gasteiger partial charge in [-0.1, -0.05) is 36.4 Å². The average Bonchev–Trinajstić information content (AvgIpc) is 3.04. The molecule has 8 heteroatoms. The van der Waals surface area contributed by atoms with Gasteiger partial charge in [-0.05, 0) is 39.8 Å². The van der Waals surface area contributed by atoms with E-state index in [9.17, 15) is 8.42 Å². The third kappa shape index (κ3) is 3.25. The highest BCUT2D eigenvalue weighted by molar-refractivity contribution is 7.89. The van der Waals surface area contributed by atoms with E-state index in [1.165, 1.54) is 0 Å². The van der Waals surface area contributed by atoms with E-state index in [0.29, 0.717) is 17.0 Å². The highest BCUT2D eigenvalue weighted by Crippen LogP contribution is 2.26. The Balaban J connectivity index is 1.88. The Morgan fingerprint density at radius 3 is 2.39 bits per heavy atom. The van der Waals surface area contributed by atoms with Crippen molar-refractivity contribution in [1.29, 1.82) is 0 Å². The lowest BCUT2D eigenvalue weighted by Gasteiger charge is -2.20. The molecular formula is C20H21N5O2S. The van der Waals surface area contributed by atoms with Crippen LogP contribution in [0.25, 0.3) is 27.8 Å². The van der Waals surface area contributed by atoms with E-state index in [-0.39, 0.29) is 4.90 Å². The first-order valence-corrected chi connectivity index (χ1v) is 10.4. The zero-order valence-corrected chi connectivity index (χ0v) is 16.9. The fraction of sp³-hybridized carbons (Fsp3) is 0.250. The van der Waals surface area contributed by atoms with Crippen molar-refractivity contribution in [3.8, 4) is 11.4 Å². The summed E-state index contributed by atoms with van der Waals surface area (Å²) in [6.07, 6.45) is 0. The molecule has 4 rings (SSSR count). The van der Waals surface area contributed by atoms with Crippen LogP contribution in [0.3, 0.4) is 0 Å². The molecule has 0 aliphatic rings. The Bertz CT molecular complexity index is 1300. The van der Waals surface area contributed by atoms with Crippen molar-refractivity contribution >= 4 is 26.4 Å². The maximum absolute atomic E-state index is 12.7. The highest BCUT2D eigenvalue weighted by Gasteiger charge is 2.23. The minimum Gasteiger partial charge on any atom is -0.207 e. The molecule has 0 saturated heterocycles. The van der Waals surface area contributed by atoms with Crippen LogP contribution in [0.1, 0.15) is 26.5 Å². The second kappa shape index (κ2) is 6.35. The minimum absolute atomic E-state index is 0.175. The largest absolute Gasteiger partial charge is 0.241 e. The molecule has 0 aliphatic heterocycles. The monoisotopic (exact) mass is 395 g/mol. The third-order valence-corrected chi connectivity index (χ3v) is 6.05. The molecule has 7 nitrogen and oxygen atoms in total. The van der Waals surface area contributed by atoms with Gasteiger partial charge in [0.15, 0.2) is 11.5 Å². The molecule has 0 fully saturated rings. The lowest BCUT2D eigenvalue weighted by molar-refractivity contribution is 0.491. The molecule has 0 spiro atoms. The van der Waals surface area contributed by atoms with Crippen LogP contribution < -0.4 is 4.72 Å². The van der Waals surface area contributed by atoms with Crippen molar-refractivity contribution in [1.82, 2.24) is 24.5 Å². The SMILES string of the molecule is Cc1nn2c(-c3cccc(S(=O)(=O)NC(C)(C)C)c3)nnc2c2ccccc12. The fourth-order valence-corrected chi connectivity index (χ4v) is 4.65. The molecule has 0 atom stereocenters. The Hall–Kier alpha value is -2.84. The van der Waals surface area contributed by atoms with Crippen molar-refractivity contribution in [2.75, 3.05) is 0 Å². The summed E-state index contributed by atoms with van der Waals surface area (Å²) in [5.74, 6) is 0.497. The van der Waals surface area contributed by atoms with Crippen LogP contribution in [0.5, 0.6) is 0 Å². The lowest BCUT2D eigenvalue weighted by atomic mass is 10.1. The Morgan fingerprint density at radius 1 is 0.964 bits per heavy atom. The number of nitrogens with zero attached hydrogens (tertiary/aromatic N) is 4. The third-order valence-electron chi connectivity index (χ3n) is 4.29. The molecule has 4 aromatic rings. The number of rotatable bonds is 3. The molecule has 2 aromatic heterocycles. The number of sulfonamides is 1. The van der Waals surface area contributed by atoms with Gasteiger partial charge in [0.05, 0.1) is 10.6 Å². The van der Waals surface area contributed by atoms with Gasteiger partial charge in [-0.25, -0.2) is 13.1 Å². The number of benzene rings is 2. The van der Waals surface area contributed by atoms with Crippen molar-refractivity contribution < 1.29 is 8.42 Å². The van der Waals surface area contributed by atoms with E-state index < -0.39 is 15.6 Å². The number of hydrogen-bond donors (Lipinski definition) is 1. The van der Waals surface area contributed by atoms with Crippen molar-refractivity contribution in [2.45, 2.75) is 38.1 Å². The summed E-state index contributed by atoms with van der Waals surface area (Å²) in [7, 11) is -3.66. The molecule has 2 heterocycles.